The van der Waals surface area contributed by atoms with Gasteiger partial charge in [0.25, 0.3) is 0 Å². The molecule has 11 nitrogen and oxygen atoms in total. The van der Waals surface area contributed by atoms with E-state index < -0.39 is 36.4 Å². The van der Waals surface area contributed by atoms with E-state index >= 15 is 0 Å². The summed E-state index contributed by atoms with van der Waals surface area (Å²) in [5, 5.41) is 17.5. The Balaban J connectivity index is 2.22. The van der Waals surface area contributed by atoms with Crippen LogP contribution in [0.2, 0.25) is 0 Å². The van der Waals surface area contributed by atoms with E-state index in [1.54, 1.807) is 33.2 Å². The Morgan fingerprint density at radius 3 is 2.24 bits per heavy atom. The number of rotatable bonds is 19. The molecule has 0 aromatic heterocycles. The first kappa shape index (κ1) is 39.6. The Morgan fingerprint density at radius 1 is 1.07 bits per heavy atom. The summed E-state index contributed by atoms with van der Waals surface area (Å²) in [6.45, 7) is 10.6. The lowest BCUT2D eigenvalue weighted by Crippen LogP contribution is -2.57. The van der Waals surface area contributed by atoms with Crippen LogP contribution in [0.1, 0.15) is 65.9 Å². The molecule has 9 atom stereocenters. The van der Waals surface area contributed by atoms with Gasteiger partial charge in [0, 0.05) is 33.7 Å². The van der Waals surface area contributed by atoms with Crippen molar-refractivity contribution in [2.45, 2.75) is 109 Å². The number of ether oxygens (including phenoxy) is 3. The third-order valence-electron chi connectivity index (χ3n) is 9.75. The van der Waals surface area contributed by atoms with E-state index in [1.165, 1.54) is 7.11 Å². The van der Waals surface area contributed by atoms with Crippen LogP contribution in [-0.2, 0) is 35.0 Å². The van der Waals surface area contributed by atoms with Crippen molar-refractivity contribution in [2.24, 2.45) is 17.8 Å². The summed E-state index contributed by atoms with van der Waals surface area (Å²) in [6.07, 6.45) is 0.690. The summed E-state index contributed by atoms with van der Waals surface area (Å²) in [6, 6.07) is 7.86. The fraction of sp³-hybridized carbons (Fsp3) is 0.743. The number of nitrogens with one attached hydrogen (secondary N) is 2. The van der Waals surface area contributed by atoms with E-state index in [0.717, 1.165) is 24.8 Å². The second kappa shape index (κ2) is 19.3. The lowest BCUT2D eigenvalue weighted by Gasteiger charge is -2.41. The van der Waals surface area contributed by atoms with Crippen molar-refractivity contribution in [1.29, 1.82) is 0 Å². The highest BCUT2D eigenvalue weighted by molar-refractivity contribution is 5.82. The predicted molar refractivity (Wildman–Crippen MR) is 179 cm³/mol. The second-order valence-electron chi connectivity index (χ2n) is 13.0. The highest BCUT2D eigenvalue weighted by Gasteiger charge is 2.43. The maximum Gasteiger partial charge on any atom is 0.323 e. The maximum absolute atomic E-state index is 14.0. The number of amides is 2. The van der Waals surface area contributed by atoms with E-state index in [-0.39, 0.29) is 48.2 Å². The molecule has 262 valence electrons. The van der Waals surface area contributed by atoms with Crippen LogP contribution in [-0.4, -0.2) is 117 Å². The largest absolute Gasteiger partial charge is 0.468 e. The Bertz CT molecular complexity index is 1070. The molecule has 11 heteroatoms. The van der Waals surface area contributed by atoms with Gasteiger partial charge in [0.2, 0.25) is 11.8 Å². The van der Waals surface area contributed by atoms with E-state index in [1.807, 2.05) is 56.0 Å². The van der Waals surface area contributed by atoms with Crippen LogP contribution in [0, 0.1) is 17.8 Å². The molecular formula is C35H60N4O7. The van der Waals surface area contributed by atoms with Crippen LogP contribution < -0.4 is 10.6 Å². The number of benzene rings is 1. The molecule has 1 unspecified atom stereocenters. The molecule has 1 fully saturated rings. The van der Waals surface area contributed by atoms with Crippen LogP contribution in [0.3, 0.4) is 0 Å². The van der Waals surface area contributed by atoms with Crippen molar-refractivity contribution in [3.8, 4) is 0 Å². The van der Waals surface area contributed by atoms with Crippen LogP contribution in [0.4, 0.5) is 0 Å². The van der Waals surface area contributed by atoms with E-state index in [2.05, 4.69) is 24.5 Å². The van der Waals surface area contributed by atoms with Crippen molar-refractivity contribution in [2.75, 3.05) is 42.0 Å². The summed E-state index contributed by atoms with van der Waals surface area (Å²) in [5.41, 5.74) is 0.933. The SMILES string of the molecule is CC[C@H](C)[C@@H]([C@@H](CC(=O)N1CCC[C@H]1[C@H](OC)[C@@H](C)C(O)N[C@@H](Cc1ccccc1)C(=O)OC)OC)N(C)C(=O)[C@@H](NC)C(C)C. The van der Waals surface area contributed by atoms with Gasteiger partial charge < -0.3 is 34.4 Å². The minimum atomic E-state index is -1.10. The molecule has 46 heavy (non-hydrogen) atoms. The number of hydrogen-bond donors (Lipinski definition) is 3. The van der Waals surface area contributed by atoms with Gasteiger partial charge in [0.1, 0.15) is 12.3 Å². The van der Waals surface area contributed by atoms with Crippen LogP contribution in [0.15, 0.2) is 30.3 Å². The molecule has 1 saturated heterocycles. The van der Waals surface area contributed by atoms with E-state index in [0.29, 0.717) is 13.0 Å². The monoisotopic (exact) mass is 648 g/mol. The molecule has 0 bridgehead atoms. The van der Waals surface area contributed by atoms with Gasteiger partial charge in [-0.2, -0.15) is 0 Å². The third kappa shape index (κ3) is 10.2. The van der Waals surface area contributed by atoms with Crippen molar-refractivity contribution in [3.63, 3.8) is 0 Å². The normalized spacial score (nSPS) is 20.3. The van der Waals surface area contributed by atoms with Crippen molar-refractivity contribution < 1.29 is 33.7 Å². The van der Waals surface area contributed by atoms with Crippen LogP contribution in [0.5, 0.6) is 0 Å². The zero-order chi connectivity index (χ0) is 34.6. The van der Waals surface area contributed by atoms with Crippen molar-refractivity contribution >= 4 is 17.8 Å². The number of esters is 1. The molecule has 1 aromatic carbocycles. The predicted octanol–water partition coefficient (Wildman–Crippen LogP) is 2.84. The van der Waals surface area contributed by atoms with Gasteiger partial charge >= 0.3 is 5.97 Å². The number of hydrogen-bond acceptors (Lipinski definition) is 9. The van der Waals surface area contributed by atoms with Crippen molar-refractivity contribution in [3.05, 3.63) is 35.9 Å². The Kier molecular flexibility index (Phi) is 16.6. The number of nitrogens with zero attached hydrogens (tertiary/aromatic N) is 2. The van der Waals surface area contributed by atoms with Gasteiger partial charge in [0.15, 0.2) is 0 Å². The fourth-order valence-corrected chi connectivity index (χ4v) is 6.89. The molecule has 1 heterocycles. The molecule has 1 aliphatic rings. The Morgan fingerprint density at radius 2 is 1.72 bits per heavy atom. The summed E-state index contributed by atoms with van der Waals surface area (Å²) >= 11 is 0. The number of likely N-dealkylation sites (N-methyl/N-ethyl adjacent to an activating group) is 2. The van der Waals surface area contributed by atoms with Gasteiger partial charge in [-0.1, -0.05) is 71.4 Å². The molecule has 1 aromatic rings. The number of likely N-dealkylation sites (tertiary alicyclic amines) is 1. The molecular weight excluding hydrogens is 588 g/mol. The minimum absolute atomic E-state index is 0.0244. The highest BCUT2D eigenvalue weighted by atomic mass is 16.5. The van der Waals surface area contributed by atoms with Gasteiger partial charge in [0.05, 0.1) is 43.9 Å². The lowest BCUT2D eigenvalue weighted by molar-refractivity contribution is -0.147. The zero-order valence-electron chi connectivity index (χ0n) is 29.7. The topological polar surface area (TPSA) is 130 Å². The first-order chi connectivity index (χ1) is 21.9. The number of aliphatic hydroxyl groups excluding tert-OH is 1. The fourth-order valence-electron chi connectivity index (χ4n) is 6.89. The lowest BCUT2D eigenvalue weighted by atomic mass is 9.89. The van der Waals surface area contributed by atoms with Gasteiger partial charge in [-0.15, -0.1) is 0 Å². The van der Waals surface area contributed by atoms with Crippen LogP contribution >= 0.6 is 0 Å². The van der Waals surface area contributed by atoms with Crippen LogP contribution in [0.25, 0.3) is 0 Å². The number of aliphatic hydroxyl groups is 1. The molecule has 1 aliphatic heterocycles. The van der Waals surface area contributed by atoms with E-state index in [4.69, 9.17) is 14.2 Å². The second-order valence-corrected chi connectivity index (χ2v) is 13.0. The quantitative estimate of drug-likeness (QED) is 0.153. The molecule has 3 N–H and O–H groups in total. The molecule has 0 spiro atoms. The Labute approximate surface area is 276 Å². The molecule has 2 rings (SSSR count). The number of methoxy groups -OCH3 is 3. The summed E-state index contributed by atoms with van der Waals surface area (Å²) in [5.74, 6) is -0.840. The minimum Gasteiger partial charge on any atom is -0.468 e. The summed E-state index contributed by atoms with van der Waals surface area (Å²) in [4.78, 5) is 43.7. The van der Waals surface area contributed by atoms with E-state index in [9.17, 15) is 19.5 Å². The van der Waals surface area contributed by atoms with Crippen molar-refractivity contribution in [1.82, 2.24) is 20.4 Å². The highest BCUT2D eigenvalue weighted by Crippen LogP contribution is 2.30. The number of carbonyl (C=O) groups excluding carboxylic acids is 3. The molecule has 0 saturated carbocycles. The molecule has 0 radical (unpaired) electrons. The average molecular weight is 649 g/mol. The third-order valence-corrected chi connectivity index (χ3v) is 9.75. The standard InChI is InChI=1S/C35H60N4O7/c1-11-23(4)31(38(7)34(42)30(36-6)22(2)3)28(44-8)21-29(40)39-19-15-18-27(39)32(45-9)24(5)33(41)37-26(35(43)46-10)20-25-16-13-12-14-17-25/h12-14,16-17,22-24,26-28,30-33,36-37,41H,11,15,18-21H2,1-10H3/t23-,24+,26-,27-,28+,30-,31-,32+,33?/m0/s1. The molecule has 0 aliphatic carbocycles. The first-order valence-corrected chi connectivity index (χ1v) is 16.7. The zero-order valence-corrected chi connectivity index (χ0v) is 29.7. The maximum atomic E-state index is 14.0. The summed E-state index contributed by atoms with van der Waals surface area (Å²) in [7, 11) is 8.10. The van der Waals surface area contributed by atoms with Gasteiger partial charge in [-0.25, -0.2) is 0 Å². The smallest absolute Gasteiger partial charge is 0.323 e. The van der Waals surface area contributed by atoms with Gasteiger partial charge in [-0.05, 0) is 43.7 Å². The summed E-state index contributed by atoms with van der Waals surface area (Å²) < 4.78 is 16.9. The molecule has 2 amide bonds. The Hall–Kier alpha value is -2.57. The average Bonchev–Trinajstić information content (AvgIpc) is 3.53. The van der Waals surface area contributed by atoms with Gasteiger partial charge in [-0.3, -0.25) is 19.7 Å². The first-order valence-electron chi connectivity index (χ1n) is 16.7. The number of carbonyl (C=O) groups is 3.